The molecule has 0 aliphatic heterocycles. The zero-order valence-electron chi connectivity index (χ0n) is 15.6. The lowest BCUT2D eigenvalue weighted by Gasteiger charge is -2.02. The van der Waals surface area contributed by atoms with Gasteiger partial charge in [0.05, 0.1) is 23.1 Å². The first kappa shape index (κ1) is 16.7. The van der Waals surface area contributed by atoms with Gasteiger partial charge in [0, 0.05) is 39.8 Å². The summed E-state index contributed by atoms with van der Waals surface area (Å²) >= 11 is 0. The Labute approximate surface area is 169 Å². The Hall–Kier alpha value is -4.26. The van der Waals surface area contributed by atoms with Crippen LogP contribution in [0.1, 0.15) is 0 Å². The predicted molar refractivity (Wildman–Crippen MR) is 114 cm³/mol. The number of aromatic amines is 3. The van der Waals surface area contributed by atoms with E-state index >= 15 is 0 Å². The fraction of sp³-hybridized carbons (Fsp3) is 0. The van der Waals surface area contributed by atoms with E-state index in [1.807, 2.05) is 30.5 Å². The highest BCUT2D eigenvalue weighted by Gasteiger charge is 2.15. The monoisotopic (exact) mass is 394 g/mol. The number of nitrogens with one attached hydrogen (secondary N) is 3. The van der Waals surface area contributed by atoms with Crippen LogP contribution in [0.3, 0.4) is 0 Å². The molecule has 6 rings (SSSR count). The maximum absolute atomic E-state index is 13.3. The quantitative estimate of drug-likeness (QED) is 0.381. The van der Waals surface area contributed by atoms with Crippen molar-refractivity contribution < 1.29 is 4.39 Å². The molecule has 0 spiro atoms. The first-order valence-electron chi connectivity index (χ1n) is 9.47. The summed E-state index contributed by atoms with van der Waals surface area (Å²) in [6.45, 7) is 0. The Morgan fingerprint density at radius 1 is 0.767 bits per heavy atom. The number of nitrogens with zero attached hydrogens (tertiary/aromatic N) is 3. The molecule has 0 fully saturated rings. The van der Waals surface area contributed by atoms with E-state index in [1.54, 1.807) is 24.5 Å². The third kappa shape index (κ3) is 2.60. The summed E-state index contributed by atoms with van der Waals surface area (Å²) in [7, 11) is 0. The molecule has 0 aliphatic rings. The minimum atomic E-state index is -0.267. The van der Waals surface area contributed by atoms with Crippen molar-refractivity contribution >= 4 is 21.8 Å². The smallest absolute Gasteiger partial charge is 0.123 e. The highest BCUT2D eigenvalue weighted by Crippen LogP contribution is 2.34. The van der Waals surface area contributed by atoms with E-state index < -0.39 is 0 Å². The van der Waals surface area contributed by atoms with E-state index in [9.17, 15) is 4.39 Å². The van der Waals surface area contributed by atoms with Gasteiger partial charge in [-0.2, -0.15) is 10.2 Å². The molecule has 7 heteroatoms. The van der Waals surface area contributed by atoms with Crippen molar-refractivity contribution in [2.24, 2.45) is 0 Å². The SMILES string of the molecule is Fc1ccc(-c2nccc3[nH]c(-c4n[nH]c5ccc(-c6cn[nH]c6)cc45)cc23)cc1. The van der Waals surface area contributed by atoms with Crippen molar-refractivity contribution in [2.75, 3.05) is 0 Å². The third-order valence-corrected chi connectivity index (χ3v) is 5.32. The summed E-state index contributed by atoms with van der Waals surface area (Å²) in [4.78, 5) is 7.98. The average molecular weight is 394 g/mol. The molecule has 0 radical (unpaired) electrons. The lowest BCUT2D eigenvalue weighted by molar-refractivity contribution is 0.628. The minimum Gasteiger partial charge on any atom is -0.353 e. The van der Waals surface area contributed by atoms with Crippen molar-refractivity contribution in [1.82, 2.24) is 30.4 Å². The molecule has 0 unspecified atom stereocenters. The summed E-state index contributed by atoms with van der Waals surface area (Å²) in [6.07, 6.45) is 5.41. The van der Waals surface area contributed by atoms with Crippen LogP contribution >= 0.6 is 0 Å². The maximum atomic E-state index is 13.3. The number of hydrogen-bond acceptors (Lipinski definition) is 3. The number of H-pyrrole nitrogens is 3. The van der Waals surface area contributed by atoms with E-state index in [1.165, 1.54) is 12.1 Å². The van der Waals surface area contributed by atoms with Crippen LogP contribution in [0, 0.1) is 5.82 Å². The second kappa shape index (κ2) is 6.38. The van der Waals surface area contributed by atoms with Gasteiger partial charge >= 0.3 is 0 Å². The molecular formula is C23H15FN6. The number of hydrogen-bond donors (Lipinski definition) is 3. The van der Waals surface area contributed by atoms with Crippen LogP contribution in [0.15, 0.2) is 73.2 Å². The van der Waals surface area contributed by atoms with Gasteiger partial charge in [-0.05, 0) is 54.1 Å². The number of benzene rings is 2. The fourth-order valence-electron chi connectivity index (χ4n) is 3.83. The Morgan fingerprint density at radius 2 is 1.60 bits per heavy atom. The van der Waals surface area contributed by atoms with Gasteiger partial charge in [0.2, 0.25) is 0 Å². The number of pyridine rings is 1. The molecule has 3 N–H and O–H groups in total. The Balaban J connectivity index is 1.52. The fourth-order valence-corrected chi connectivity index (χ4v) is 3.83. The van der Waals surface area contributed by atoms with Crippen LogP contribution in [0.25, 0.3) is 55.6 Å². The van der Waals surface area contributed by atoms with Crippen molar-refractivity contribution in [3.63, 3.8) is 0 Å². The highest BCUT2D eigenvalue weighted by molar-refractivity contribution is 6.00. The Bertz CT molecular complexity index is 1490. The molecule has 4 heterocycles. The average Bonchev–Trinajstić information content (AvgIpc) is 3.52. The molecule has 0 atom stereocenters. The summed E-state index contributed by atoms with van der Waals surface area (Å²) in [5, 5.41) is 16.5. The maximum Gasteiger partial charge on any atom is 0.123 e. The summed E-state index contributed by atoms with van der Waals surface area (Å²) < 4.78 is 13.3. The predicted octanol–water partition coefficient (Wildman–Crippen LogP) is 5.30. The van der Waals surface area contributed by atoms with Gasteiger partial charge in [0.25, 0.3) is 0 Å². The topological polar surface area (TPSA) is 86.0 Å². The molecule has 0 amide bonds. The van der Waals surface area contributed by atoms with Crippen molar-refractivity contribution in [1.29, 1.82) is 0 Å². The molecule has 6 nitrogen and oxygen atoms in total. The molecule has 0 aliphatic carbocycles. The molecule has 0 saturated carbocycles. The lowest BCUT2D eigenvalue weighted by Crippen LogP contribution is -1.84. The first-order chi connectivity index (χ1) is 14.8. The van der Waals surface area contributed by atoms with Crippen LogP contribution in [0.2, 0.25) is 0 Å². The van der Waals surface area contributed by atoms with E-state index in [2.05, 4.69) is 36.4 Å². The van der Waals surface area contributed by atoms with Gasteiger partial charge in [-0.25, -0.2) is 4.39 Å². The van der Waals surface area contributed by atoms with Gasteiger partial charge in [-0.1, -0.05) is 6.07 Å². The summed E-state index contributed by atoms with van der Waals surface area (Å²) in [5.41, 5.74) is 7.35. The van der Waals surface area contributed by atoms with Crippen molar-refractivity contribution in [3.8, 4) is 33.8 Å². The number of aromatic nitrogens is 6. The molecule has 0 bridgehead atoms. The van der Waals surface area contributed by atoms with Gasteiger partial charge < -0.3 is 4.98 Å². The highest BCUT2D eigenvalue weighted by atomic mass is 19.1. The molecule has 2 aromatic carbocycles. The van der Waals surface area contributed by atoms with Crippen LogP contribution < -0.4 is 0 Å². The normalized spacial score (nSPS) is 11.5. The second-order valence-corrected chi connectivity index (χ2v) is 7.13. The molecule has 144 valence electrons. The number of rotatable bonds is 3. The molecular weight excluding hydrogens is 379 g/mol. The molecule has 6 aromatic rings. The standard InChI is InChI=1S/C23H15FN6/c24-16-4-1-13(2-5-16)22-18-10-21(28-19(18)7-8-25-22)23-17-9-14(15-11-26-27-12-15)3-6-20(17)29-30-23/h1-12,28H,(H,26,27)(H,29,30). The van der Waals surface area contributed by atoms with Gasteiger partial charge in [0.1, 0.15) is 11.5 Å². The lowest BCUT2D eigenvalue weighted by atomic mass is 10.0. The van der Waals surface area contributed by atoms with E-state index in [0.717, 1.165) is 55.6 Å². The second-order valence-electron chi connectivity index (χ2n) is 7.13. The first-order valence-corrected chi connectivity index (χ1v) is 9.47. The van der Waals surface area contributed by atoms with Gasteiger partial charge in [-0.15, -0.1) is 0 Å². The van der Waals surface area contributed by atoms with E-state index in [4.69, 9.17) is 0 Å². The zero-order chi connectivity index (χ0) is 20.1. The van der Waals surface area contributed by atoms with Crippen LogP contribution in [-0.4, -0.2) is 30.4 Å². The Morgan fingerprint density at radius 3 is 2.43 bits per heavy atom. The van der Waals surface area contributed by atoms with Crippen molar-refractivity contribution in [3.05, 3.63) is 79.0 Å². The van der Waals surface area contributed by atoms with Gasteiger partial charge in [0.15, 0.2) is 0 Å². The number of fused-ring (bicyclic) bond motifs is 2. The summed E-state index contributed by atoms with van der Waals surface area (Å²) in [6, 6.07) is 16.5. The van der Waals surface area contributed by atoms with Crippen molar-refractivity contribution in [2.45, 2.75) is 0 Å². The van der Waals surface area contributed by atoms with Gasteiger partial charge in [-0.3, -0.25) is 15.2 Å². The van der Waals surface area contributed by atoms with Crippen LogP contribution in [0.5, 0.6) is 0 Å². The van der Waals surface area contributed by atoms with E-state index in [0.29, 0.717) is 0 Å². The third-order valence-electron chi connectivity index (χ3n) is 5.32. The Kier molecular flexibility index (Phi) is 3.55. The van der Waals surface area contributed by atoms with Crippen LogP contribution in [0.4, 0.5) is 4.39 Å². The zero-order valence-corrected chi connectivity index (χ0v) is 15.6. The largest absolute Gasteiger partial charge is 0.353 e. The van der Waals surface area contributed by atoms with Crippen LogP contribution in [-0.2, 0) is 0 Å². The summed E-state index contributed by atoms with van der Waals surface area (Å²) in [5.74, 6) is -0.267. The molecule has 0 saturated heterocycles. The minimum absolute atomic E-state index is 0.267. The molecule has 4 aromatic heterocycles. The van der Waals surface area contributed by atoms with E-state index in [-0.39, 0.29) is 5.82 Å². The number of halogens is 1. The molecule has 30 heavy (non-hydrogen) atoms.